The average molecular weight is 259 g/mol. The van der Waals surface area contributed by atoms with Gasteiger partial charge in [-0.3, -0.25) is 0 Å². The van der Waals surface area contributed by atoms with E-state index in [0.717, 1.165) is 17.6 Å². The van der Waals surface area contributed by atoms with Crippen molar-refractivity contribution >= 4 is 11.4 Å². The van der Waals surface area contributed by atoms with Crippen LogP contribution in [0.1, 0.15) is 24.8 Å². The van der Waals surface area contributed by atoms with Gasteiger partial charge in [0.05, 0.1) is 0 Å². The first-order valence-corrected chi connectivity index (χ1v) is 7.46. The van der Waals surface area contributed by atoms with Gasteiger partial charge in [-0.15, -0.1) is 0 Å². The molecule has 2 saturated heterocycles. The van der Waals surface area contributed by atoms with E-state index in [2.05, 4.69) is 35.9 Å². The molecule has 2 N–H and O–H groups in total. The third kappa shape index (κ3) is 2.44. The van der Waals surface area contributed by atoms with Gasteiger partial charge in [-0.25, -0.2) is 0 Å². The predicted molar refractivity (Wildman–Crippen MR) is 81.6 cm³/mol. The molecule has 0 saturated carbocycles. The maximum atomic E-state index is 5.86. The monoisotopic (exact) mass is 259 g/mol. The summed E-state index contributed by atoms with van der Waals surface area (Å²) in [4.78, 5) is 5.14. The second-order valence-corrected chi connectivity index (χ2v) is 6.23. The molecule has 2 fully saturated rings. The molecule has 0 aromatic heterocycles. The molecule has 2 unspecified atom stereocenters. The van der Waals surface area contributed by atoms with Gasteiger partial charge in [-0.1, -0.05) is 0 Å². The Hall–Kier alpha value is -1.22. The summed E-state index contributed by atoms with van der Waals surface area (Å²) in [7, 11) is 2.29. The van der Waals surface area contributed by atoms with Gasteiger partial charge in [0.1, 0.15) is 0 Å². The largest absolute Gasteiger partial charge is 0.399 e. The van der Waals surface area contributed by atoms with Gasteiger partial charge in [0, 0.05) is 30.5 Å². The Bertz CT molecular complexity index is 457. The van der Waals surface area contributed by atoms with Crippen molar-refractivity contribution in [3.63, 3.8) is 0 Å². The molecule has 0 amide bonds. The average Bonchev–Trinajstić information content (AvgIpc) is 2.38. The molecule has 1 aromatic rings. The number of hydrogen-bond acceptors (Lipinski definition) is 3. The van der Waals surface area contributed by atoms with Crippen LogP contribution in [0, 0.1) is 12.8 Å². The number of benzene rings is 1. The minimum atomic E-state index is 0.805. The fourth-order valence-electron chi connectivity index (χ4n) is 3.90. The third-order valence-electron chi connectivity index (χ3n) is 4.91. The van der Waals surface area contributed by atoms with Gasteiger partial charge in [0.15, 0.2) is 0 Å². The van der Waals surface area contributed by atoms with Crippen LogP contribution in [0.15, 0.2) is 18.2 Å². The predicted octanol–water partition coefficient (Wildman–Crippen LogP) is 2.50. The molecule has 3 heteroatoms. The molecule has 104 valence electrons. The van der Waals surface area contributed by atoms with E-state index in [9.17, 15) is 0 Å². The lowest BCUT2D eigenvalue weighted by atomic mass is 9.84. The van der Waals surface area contributed by atoms with Crippen molar-refractivity contribution in [1.29, 1.82) is 0 Å². The first-order chi connectivity index (χ1) is 9.15. The molecule has 2 aliphatic rings. The van der Waals surface area contributed by atoms with E-state index in [0.29, 0.717) is 0 Å². The molecule has 0 radical (unpaired) electrons. The maximum Gasteiger partial charge on any atom is 0.0397 e. The van der Waals surface area contributed by atoms with Gasteiger partial charge >= 0.3 is 0 Å². The van der Waals surface area contributed by atoms with Crippen LogP contribution in [-0.4, -0.2) is 37.6 Å². The Labute approximate surface area is 116 Å². The highest BCUT2D eigenvalue weighted by Gasteiger charge is 2.34. The molecule has 3 rings (SSSR count). The van der Waals surface area contributed by atoms with E-state index in [4.69, 9.17) is 5.73 Å². The maximum absolute atomic E-state index is 5.86. The van der Waals surface area contributed by atoms with Crippen molar-refractivity contribution in [1.82, 2.24) is 4.90 Å². The molecule has 0 aliphatic carbocycles. The van der Waals surface area contributed by atoms with Crippen LogP contribution in [0.5, 0.6) is 0 Å². The van der Waals surface area contributed by atoms with Crippen LogP contribution in [0.2, 0.25) is 0 Å². The molecule has 2 heterocycles. The fourth-order valence-corrected chi connectivity index (χ4v) is 3.90. The van der Waals surface area contributed by atoms with Crippen molar-refractivity contribution in [2.24, 2.45) is 5.92 Å². The zero-order valence-corrected chi connectivity index (χ0v) is 12.1. The minimum Gasteiger partial charge on any atom is -0.399 e. The number of nitrogen functional groups attached to an aromatic ring is 1. The number of likely N-dealkylation sites (tertiary alicyclic amines) is 1. The van der Waals surface area contributed by atoms with Crippen LogP contribution >= 0.6 is 0 Å². The Kier molecular flexibility index (Phi) is 3.40. The zero-order valence-electron chi connectivity index (χ0n) is 12.1. The Morgan fingerprint density at radius 2 is 2.05 bits per heavy atom. The summed E-state index contributed by atoms with van der Waals surface area (Å²) < 4.78 is 0. The van der Waals surface area contributed by atoms with Crippen molar-refractivity contribution in [3.8, 4) is 0 Å². The summed E-state index contributed by atoms with van der Waals surface area (Å²) in [5.74, 6) is 0.837. The number of rotatable bonds is 1. The third-order valence-corrected chi connectivity index (χ3v) is 4.91. The molecule has 0 spiro atoms. The quantitative estimate of drug-likeness (QED) is 0.787. The molecular weight excluding hydrogens is 234 g/mol. The zero-order chi connectivity index (χ0) is 13.4. The molecule has 19 heavy (non-hydrogen) atoms. The van der Waals surface area contributed by atoms with E-state index in [-0.39, 0.29) is 0 Å². The highest BCUT2D eigenvalue weighted by Crippen LogP contribution is 2.33. The highest BCUT2D eigenvalue weighted by molar-refractivity contribution is 5.59. The number of piperidine rings is 2. The lowest BCUT2D eigenvalue weighted by Gasteiger charge is -2.47. The summed E-state index contributed by atoms with van der Waals surface area (Å²) in [6.07, 6.45) is 4.04. The van der Waals surface area contributed by atoms with Crippen LogP contribution < -0.4 is 10.6 Å². The Morgan fingerprint density at radius 3 is 2.84 bits per heavy atom. The lowest BCUT2D eigenvalue weighted by molar-refractivity contribution is 0.102. The summed E-state index contributed by atoms with van der Waals surface area (Å²) in [6, 6.07) is 7.12. The molecule has 2 atom stereocenters. The number of aryl methyl sites for hydroxylation is 1. The second-order valence-electron chi connectivity index (χ2n) is 6.23. The van der Waals surface area contributed by atoms with Gasteiger partial charge in [0.2, 0.25) is 0 Å². The topological polar surface area (TPSA) is 32.5 Å². The normalized spacial score (nSPS) is 28.2. The van der Waals surface area contributed by atoms with Gasteiger partial charge < -0.3 is 15.5 Å². The molecule has 3 nitrogen and oxygen atoms in total. The first-order valence-electron chi connectivity index (χ1n) is 7.46. The summed E-state index contributed by atoms with van der Waals surface area (Å²) in [6.45, 7) is 5.84. The van der Waals surface area contributed by atoms with E-state index in [1.807, 2.05) is 6.07 Å². The summed E-state index contributed by atoms with van der Waals surface area (Å²) in [5, 5.41) is 0. The van der Waals surface area contributed by atoms with Gasteiger partial charge in [0.25, 0.3) is 0 Å². The standard InChI is InChI=1S/C16H25N3/c1-12-10-14(17)5-6-15(12)19-9-7-16-13(11-19)4-3-8-18(16)2/h5-6,10,13,16H,3-4,7-9,11,17H2,1-2H3. The summed E-state index contributed by atoms with van der Waals surface area (Å²) >= 11 is 0. The molecule has 0 bridgehead atoms. The van der Waals surface area contributed by atoms with Crippen molar-refractivity contribution in [2.75, 3.05) is 37.3 Å². The van der Waals surface area contributed by atoms with E-state index >= 15 is 0 Å². The number of nitrogens with two attached hydrogens (primary N) is 1. The summed E-state index contributed by atoms with van der Waals surface area (Å²) in [5.41, 5.74) is 9.41. The molecular formula is C16H25N3. The van der Waals surface area contributed by atoms with Crippen molar-refractivity contribution < 1.29 is 0 Å². The van der Waals surface area contributed by atoms with Crippen molar-refractivity contribution in [2.45, 2.75) is 32.2 Å². The van der Waals surface area contributed by atoms with E-state index < -0.39 is 0 Å². The smallest absolute Gasteiger partial charge is 0.0397 e. The number of hydrogen-bond donors (Lipinski definition) is 1. The number of anilines is 2. The second kappa shape index (κ2) is 5.04. The minimum absolute atomic E-state index is 0.805. The number of nitrogens with zero attached hydrogens (tertiary/aromatic N) is 2. The van der Waals surface area contributed by atoms with E-state index in [1.54, 1.807) is 0 Å². The molecule has 1 aromatic carbocycles. The van der Waals surface area contributed by atoms with Gasteiger partial charge in [-0.05, 0) is 69.5 Å². The molecule has 2 aliphatic heterocycles. The Morgan fingerprint density at radius 1 is 1.21 bits per heavy atom. The van der Waals surface area contributed by atoms with Crippen LogP contribution in [0.25, 0.3) is 0 Å². The first kappa shape index (κ1) is 12.8. The van der Waals surface area contributed by atoms with Crippen molar-refractivity contribution in [3.05, 3.63) is 23.8 Å². The highest BCUT2D eigenvalue weighted by atomic mass is 15.2. The van der Waals surface area contributed by atoms with Crippen LogP contribution in [0.4, 0.5) is 11.4 Å². The van der Waals surface area contributed by atoms with Crippen LogP contribution in [-0.2, 0) is 0 Å². The van der Waals surface area contributed by atoms with E-state index in [1.165, 1.54) is 50.1 Å². The van der Waals surface area contributed by atoms with Crippen LogP contribution in [0.3, 0.4) is 0 Å². The SMILES string of the molecule is Cc1cc(N)ccc1N1CCC2C(CCCN2C)C1. The van der Waals surface area contributed by atoms with Gasteiger partial charge in [-0.2, -0.15) is 0 Å². The Balaban J connectivity index is 1.77. The fraction of sp³-hybridized carbons (Fsp3) is 0.625. The lowest BCUT2D eigenvalue weighted by Crippen LogP contribution is -2.52. The number of fused-ring (bicyclic) bond motifs is 1.